The number of benzene rings is 1. The summed E-state index contributed by atoms with van der Waals surface area (Å²) in [5.74, 6) is -3.14. The van der Waals surface area contributed by atoms with Gasteiger partial charge in [-0.15, -0.1) is 0 Å². The van der Waals surface area contributed by atoms with Gasteiger partial charge in [0, 0.05) is 0 Å². The Labute approximate surface area is 193 Å². The predicted octanol–water partition coefficient (Wildman–Crippen LogP) is 7.35. The molecule has 1 aromatic rings. The van der Waals surface area contributed by atoms with E-state index in [1.165, 1.54) is 63.1 Å². The smallest absolute Gasteiger partial charge is 0.346 e. The number of rotatable bonds is 17. The van der Waals surface area contributed by atoms with E-state index in [0.29, 0.717) is 6.42 Å². The maximum absolute atomic E-state index is 12.2. The summed E-state index contributed by atoms with van der Waals surface area (Å²) in [7, 11) is 0. The second-order valence-corrected chi connectivity index (χ2v) is 8.48. The van der Waals surface area contributed by atoms with Crippen LogP contribution in [0.4, 0.5) is 0 Å². The second-order valence-electron chi connectivity index (χ2n) is 8.48. The zero-order chi connectivity index (χ0) is 23.6. The van der Waals surface area contributed by atoms with Gasteiger partial charge < -0.3 is 9.84 Å². The van der Waals surface area contributed by atoms with Crippen LogP contribution in [0.5, 0.6) is 0 Å². The molecule has 178 valence electrons. The molecule has 0 aromatic heterocycles. The van der Waals surface area contributed by atoms with Crippen LogP contribution in [0.2, 0.25) is 0 Å². The van der Waals surface area contributed by atoms with Gasteiger partial charge in [-0.2, -0.15) is 0 Å². The molecule has 0 aliphatic rings. The molecule has 0 amide bonds. The Hall–Kier alpha value is -2.43. The zero-order valence-electron chi connectivity index (χ0n) is 19.8. The summed E-state index contributed by atoms with van der Waals surface area (Å²) >= 11 is 0. The van der Waals surface area contributed by atoms with Crippen LogP contribution in [0.25, 0.3) is 0 Å². The van der Waals surface area contributed by atoms with E-state index >= 15 is 0 Å². The summed E-state index contributed by atoms with van der Waals surface area (Å²) in [4.78, 5) is 35.6. The van der Waals surface area contributed by atoms with Gasteiger partial charge in [-0.3, -0.25) is 4.79 Å². The van der Waals surface area contributed by atoms with Crippen LogP contribution in [0, 0.1) is 5.92 Å². The van der Waals surface area contributed by atoms with E-state index in [1.807, 2.05) is 0 Å². The van der Waals surface area contributed by atoms with Crippen molar-refractivity contribution in [3.8, 4) is 0 Å². The lowest BCUT2D eigenvalue weighted by Gasteiger charge is -2.11. The van der Waals surface area contributed by atoms with Crippen LogP contribution < -0.4 is 0 Å². The summed E-state index contributed by atoms with van der Waals surface area (Å²) in [6.45, 7) is 3.98. The number of carboxylic acids is 1. The molecule has 0 radical (unpaired) electrons. The monoisotopic (exact) mass is 444 g/mol. The number of carbonyl (C=O) groups is 3. The molecule has 1 atom stereocenters. The van der Waals surface area contributed by atoms with Gasteiger partial charge in [0.2, 0.25) is 0 Å². The molecular formula is C27H40O5. The van der Waals surface area contributed by atoms with Gasteiger partial charge >= 0.3 is 17.9 Å². The Balaban J connectivity index is 2.12. The molecule has 32 heavy (non-hydrogen) atoms. The van der Waals surface area contributed by atoms with Gasteiger partial charge in [0.1, 0.15) is 0 Å². The van der Waals surface area contributed by atoms with Crippen LogP contribution in [0.15, 0.2) is 36.4 Å². The number of esters is 2. The lowest BCUT2D eigenvalue weighted by molar-refractivity contribution is -0.142. The van der Waals surface area contributed by atoms with E-state index in [2.05, 4.69) is 19.1 Å². The first kappa shape index (κ1) is 27.6. The number of hydrogen-bond donors (Lipinski definition) is 1. The number of allylic oxidation sites excluding steroid dienone is 2. The fourth-order valence-electron chi connectivity index (χ4n) is 3.56. The summed E-state index contributed by atoms with van der Waals surface area (Å²) in [5.41, 5.74) is -0.274. The fourth-order valence-corrected chi connectivity index (χ4v) is 3.56. The molecule has 0 saturated carbocycles. The predicted molar refractivity (Wildman–Crippen MR) is 128 cm³/mol. The summed E-state index contributed by atoms with van der Waals surface area (Å²) in [5, 5.41) is 9.16. The van der Waals surface area contributed by atoms with E-state index < -0.39 is 23.8 Å². The van der Waals surface area contributed by atoms with Gasteiger partial charge in [-0.05, 0) is 44.2 Å². The van der Waals surface area contributed by atoms with E-state index in [9.17, 15) is 14.4 Å². The van der Waals surface area contributed by atoms with Crippen molar-refractivity contribution >= 4 is 17.9 Å². The maximum Gasteiger partial charge on any atom is 0.346 e. The number of unbranched alkanes of at least 4 members (excludes halogenated alkanes) is 10. The SMILES string of the molecule is CCCCCCCCC=CCCCCCCC(C)C(=O)OC(=O)c1ccccc1C(=O)O. The molecule has 0 saturated heterocycles. The van der Waals surface area contributed by atoms with Gasteiger partial charge in [0.05, 0.1) is 17.0 Å². The largest absolute Gasteiger partial charge is 0.478 e. The molecule has 1 aromatic carbocycles. The molecule has 5 heteroatoms. The molecule has 1 rings (SSSR count). The first-order valence-electron chi connectivity index (χ1n) is 12.2. The molecular weight excluding hydrogens is 404 g/mol. The van der Waals surface area contributed by atoms with Crippen molar-refractivity contribution in [2.24, 2.45) is 5.92 Å². The minimum absolute atomic E-state index is 0.106. The van der Waals surface area contributed by atoms with Crippen LogP contribution in [0.1, 0.15) is 118 Å². The average molecular weight is 445 g/mol. The van der Waals surface area contributed by atoms with Crippen molar-refractivity contribution in [1.82, 2.24) is 0 Å². The van der Waals surface area contributed by atoms with Crippen LogP contribution in [0.3, 0.4) is 0 Å². The van der Waals surface area contributed by atoms with Gasteiger partial charge in [-0.1, -0.05) is 89.5 Å². The minimum atomic E-state index is -1.23. The van der Waals surface area contributed by atoms with Gasteiger partial charge in [0.25, 0.3) is 0 Å². The third kappa shape index (κ3) is 11.8. The van der Waals surface area contributed by atoms with Crippen molar-refractivity contribution in [2.45, 2.75) is 97.3 Å². The quantitative estimate of drug-likeness (QED) is 0.118. The number of ether oxygens (including phenoxy) is 1. The summed E-state index contributed by atoms with van der Waals surface area (Å²) < 4.78 is 4.91. The van der Waals surface area contributed by atoms with E-state index in [0.717, 1.165) is 32.1 Å². The normalized spacial score (nSPS) is 12.1. The highest BCUT2D eigenvalue weighted by Gasteiger charge is 2.22. The molecule has 0 aliphatic carbocycles. The number of carboxylic acid groups (broad SMARTS) is 1. The molecule has 1 N–H and O–H groups in total. The molecule has 0 aliphatic heterocycles. The highest BCUT2D eigenvalue weighted by molar-refractivity contribution is 6.05. The first-order valence-corrected chi connectivity index (χ1v) is 12.2. The Morgan fingerprint density at radius 2 is 1.38 bits per heavy atom. The highest BCUT2D eigenvalue weighted by atomic mass is 16.6. The van der Waals surface area contributed by atoms with Crippen molar-refractivity contribution in [1.29, 1.82) is 0 Å². The standard InChI is InChI=1S/C27H40O5/c1-3-4-5-6-7-8-9-10-11-12-13-14-15-16-19-22(2)26(30)32-27(31)24-21-18-17-20-23(24)25(28)29/h10-11,17-18,20-22H,3-9,12-16,19H2,1-2H3,(H,28,29). The van der Waals surface area contributed by atoms with Crippen LogP contribution >= 0.6 is 0 Å². The lowest BCUT2D eigenvalue weighted by atomic mass is 10.0. The Bertz CT molecular complexity index is 723. The van der Waals surface area contributed by atoms with Gasteiger partial charge in [-0.25, -0.2) is 9.59 Å². The van der Waals surface area contributed by atoms with Gasteiger partial charge in [0.15, 0.2) is 0 Å². The van der Waals surface area contributed by atoms with Crippen LogP contribution in [-0.4, -0.2) is 23.0 Å². The molecule has 0 fully saturated rings. The summed E-state index contributed by atoms with van der Waals surface area (Å²) in [6.07, 6.45) is 19.7. The maximum atomic E-state index is 12.2. The first-order chi connectivity index (χ1) is 15.5. The third-order valence-electron chi connectivity index (χ3n) is 5.62. The van der Waals surface area contributed by atoms with E-state index in [4.69, 9.17) is 9.84 Å². The highest BCUT2D eigenvalue weighted by Crippen LogP contribution is 2.16. The number of hydrogen-bond acceptors (Lipinski definition) is 4. The topological polar surface area (TPSA) is 80.7 Å². The van der Waals surface area contributed by atoms with E-state index in [-0.39, 0.29) is 11.1 Å². The van der Waals surface area contributed by atoms with Crippen molar-refractivity contribution in [2.75, 3.05) is 0 Å². The zero-order valence-corrected chi connectivity index (χ0v) is 19.8. The molecule has 5 nitrogen and oxygen atoms in total. The Morgan fingerprint density at radius 1 is 0.844 bits per heavy atom. The average Bonchev–Trinajstić information content (AvgIpc) is 2.78. The lowest BCUT2D eigenvalue weighted by Crippen LogP contribution is -2.21. The Morgan fingerprint density at radius 3 is 1.97 bits per heavy atom. The number of carbonyl (C=O) groups excluding carboxylic acids is 2. The van der Waals surface area contributed by atoms with Crippen molar-refractivity contribution < 1.29 is 24.2 Å². The molecule has 0 bridgehead atoms. The second kappa shape index (κ2) is 17.2. The Kier molecular flexibility index (Phi) is 14.8. The molecule has 0 heterocycles. The van der Waals surface area contributed by atoms with Crippen LogP contribution in [-0.2, 0) is 9.53 Å². The van der Waals surface area contributed by atoms with E-state index in [1.54, 1.807) is 13.0 Å². The summed E-state index contributed by atoms with van der Waals surface area (Å²) in [6, 6.07) is 5.74. The van der Waals surface area contributed by atoms with Crippen molar-refractivity contribution in [3.63, 3.8) is 0 Å². The number of aromatic carboxylic acids is 1. The fraction of sp³-hybridized carbons (Fsp3) is 0.593. The minimum Gasteiger partial charge on any atom is -0.478 e. The van der Waals surface area contributed by atoms with Crippen molar-refractivity contribution in [3.05, 3.63) is 47.5 Å². The molecule has 1 unspecified atom stereocenters. The molecule has 0 spiro atoms. The third-order valence-corrected chi connectivity index (χ3v) is 5.62.